The van der Waals surface area contributed by atoms with Crippen molar-refractivity contribution in [2.75, 3.05) is 42.5 Å². The molecule has 7 heteroatoms. The Kier molecular flexibility index (Phi) is 10.3. The summed E-state index contributed by atoms with van der Waals surface area (Å²) in [6.07, 6.45) is 17.8. The monoisotopic (exact) mass is 471 g/mol. The SMILES string of the molecule is CCCCCCCCCNC1C(N)CCCN1c1nc2c(c(N3CCCCCC3)n1)CNCC2. The minimum absolute atomic E-state index is 0.126. The lowest BCUT2D eigenvalue weighted by Gasteiger charge is -2.41. The molecule has 34 heavy (non-hydrogen) atoms. The molecule has 2 saturated heterocycles. The number of nitrogens with one attached hydrogen (secondary N) is 2. The smallest absolute Gasteiger partial charge is 0.228 e. The zero-order chi connectivity index (χ0) is 23.6. The first-order valence-electron chi connectivity index (χ1n) is 14.4. The first kappa shape index (κ1) is 25.6. The van der Waals surface area contributed by atoms with Gasteiger partial charge in [-0.25, -0.2) is 4.98 Å². The second-order valence-corrected chi connectivity index (χ2v) is 10.6. The summed E-state index contributed by atoms with van der Waals surface area (Å²) in [4.78, 5) is 15.3. The molecule has 4 N–H and O–H groups in total. The van der Waals surface area contributed by atoms with Crippen LogP contribution in [0.25, 0.3) is 0 Å². The van der Waals surface area contributed by atoms with Crippen molar-refractivity contribution in [1.29, 1.82) is 0 Å². The predicted molar refractivity (Wildman–Crippen MR) is 142 cm³/mol. The predicted octanol–water partition coefficient (Wildman–Crippen LogP) is 4.10. The summed E-state index contributed by atoms with van der Waals surface area (Å²) in [5.41, 5.74) is 9.23. The molecule has 4 heterocycles. The molecule has 0 spiro atoms. The topological polar surface area (TPSA) is 82.3 Å². The van der Waals surface area contributed by atoms with Gasteiger partial charge in [-0.1, -0.05) is 58.3 Å². The molecule has 0 saturated carbocycles. The fraction of sp³-hybridized carbons (Fsp3) is 0.852. The third-order valence-electron chi connectivity index (χ3n) is 7.87. The summed E-state index contributed by atoms with van der Waals surface area (Å²) in [5.74, 6) is 2.08. The van der Waals surface area contributed by atoms with Gasteiger partial charge in [-0.05, 0) is 38.6 Å². The van der Waals surface area contributed by atoms with Gasteiger partial charge < -0.3 is 20.9 Å². The molecule has 0 aliphatic carbocycles. The molecular weight excluding hydrogens is 422 g/mol. The quantitative estimate of drug-likeness (QED) is 0.419. The molecule has 0 radical (unpaired) electrons. The van der Waals surface area contributed by atoms with Gasteiger partial charge in [0.2, 0.25) is 5.95 Å². The van der Waals surface area contributed by atoms with Crippen LogP contribution >= 0.6 is 0 Å². The maximum absolute atomic E-state index is 6.66. The Morgan fingerprint density at radius 1 is 0.941 bits per heavy atom. The summed E-state index contributed by atoms with van der Waals surface area (Å²) >= 11 is 0. The molecule has 4 rings (SSSR count). The second kappa shape index (κ2) is 13.6. The van der Waals surface area contributed by atoms with Gasteiger partial charge in [0.1, 0.15) is 5.82 Å². The summed E-state index contributed by atoms with van der Waals surface area (Å²) in [7, 11) is 0. The fourth-order valence-corrected chi connectivity index (χ4v) is 5.83. The minimum Gasteiger partial charge on any atom is -0.356 e. The molecule has 2 atom stereocenters. The van der Waals surface area contributed by atoms with Crippen molar-refractivity contribution in [3.05, 3.63) is 11.3 Å². The number of hydrogen-bond donors (Lipinski definition) is 3. The Hall–Kier alpha value is -1.44. The van der Waals surface area contributed by atoms with E-state index in [9.17, 15) is 0 Å². The van der Waals surface area contributed by atoms with Gasteiger partial charge in [-0.2, -0.15) is 4.98 Å². The highest BCUT2D eigenvalue weighted by molar-refractivity contribution is 5.55. The molecule has 3 aliphatic rings. The second-order valence-electron chi connectivity index (χ2n) is 10.6. The van der Waals surface area contributed by atoms with E-state index in [4.69, 9.17) is 15.7 Å². The average molecular weight is 472 g/mol. The lowest BCUT2D eigenvalue weighted by molar-refractivity contribution is 0.339. The first-order chi connectivity index (χ1) is 16.8. The molecular formula is C27H49N7. The van der Waals surface area contributed by atoms with Crippen molar-refractivity contribution < 1.29 is 0 Å². The van der Waals surface area contributed by atoms with Gasteiger partial charge in [0.15, 0.2) is 0 Å². The van der Waals surface area contributed by atoms with Crippen molar-refractivity contribution in [3.8, 4) is 0 Å². The van der Waals surface area contributed by atoms with Crippen LogP contribution in [0.3, 0.4) is 0 Å². The fourth-order valence-electron chi connectivity index (χ4n) is 5.83. The lowest BCUT2D eigenvalue weighted by atomic mass is 10.0. The molecule has 2 fully saturated rings. The standard InChI is InChI=1S/C27H49N7/c1-2-3-4-5-6-7-10-16-30-26-23(28)14-13-20-34(26)27-31-24-15-17-29-21-22(24)25(32-27)33-18-11-8-9-12-19-33/h23,26,29-30H,2-21,28H2,1H3. The Bertz CT molecular complexity index is 732. The average Bonchev–Trinajstić information content (AvgIpc) is 3.15. The van der Waals surface area contributed by atoms with Crippen molar-refractivity contribution in [3.63, 3.8) is 0 Å². The Balaban J connectivity index is 1.45. The van der Waals surface area contributed by atoms with E-state index in [0.29, 0.717) is 0 Å². The summed E-state index contributed by atoms with van der Waals surface area (Å²) in [6.45, 7) is 8.41. The molecule has 1 aromatic heterocycles. The van der Waals surface area contributed by atoms with Gasteiger partial charge in [-0.3, -0.25) is 5.32 Å². The number of nitrogens with two attached hydrogens (primary N) is 1. The normalized spacial score (nSPS) is 23.6. The molecule has 2 unspecified atom stereocenters. The summed E-state index contributed by atoms with van der Waals surface area (Å²) < 4.78 is 0. The zero-order valence-electron chi connectivity index (χ0n) is 21.7. The van der Waals surface area contributed by atoms with E-state index < -0.39 is 0 Å². The summed E-state index contributed by atoms with van der Waals surface area (Å²) in [6, 6.07) is 0.126. The van der Waals surface area contributed by atoms with Crippen molar-refractivity contribution in [2.24, 2.45) is 5.73 Å². The highest BCUT2D eigenvalue weighted by Gasteiger charge is 2.32. The van der Waals surface area contributed by atoms with Crippen LogP contribution in [-0.2, 0) is 13.0 Å². The minimum atomic E-state index is 0.126. The van der Waals surface area contributed by atoms with E-state index >= 15 is 0 Å². The van der Waals surface area contributed by atoms with Crippen molar-refractivity contribution in [1.82, 2.24) is 20.6 Å². The van der Waals surface area contributed by atoms with Crippen LogP contribution in [0.4, 0.5) is 11.8 Å². The zero-order valence-corrected chi connectivity index (χ0v) is 21.7. The van der Waals surface area contributed by atoms with Crippen LogP contribution in [-0.4, -0.2) is 54.9 Å². The Morgan fingerprint density at radius 2 is 1.71 bits per heavy atom. The number of piperidine rings is 1. The van der Waals surface area contributed by atoms with E-state index in [-0.39, 0.29) is 12.2 Å². The van der Waals surface area contributed by atoms with E-state index in [1.54, 1.807) is 0 Å². The molecule has 192 valence electrons. The van der Waals surface area contributed by atoms with Gasteiger partial charge in [0.05, 0.1) is 11.9 Å². The molecule has 0 bridgehead atoms. The number of anilines is 2. The van der Waals surface area contributed by atoms with Crippen LogP contribution < -0.4 is 26.2 Å². The molecule has 0 aromatic carbocycles. The van der Waals surface area contributed by atoms with Crippen molar-refractivity contribution in [2.45, 2.75) is 116 Å². The number of unbranched alkanes of at least 4 members (excludes halogenated alkanes) is 6. The largest absolute Gasteiger partial charge is 0.356 e. The third-order valence-corrected chi connectivity index (χ3v) is 7.87. The van der Waals surface area contributed by atoms with Gasteiger partial charge >= 0.3 is 0 Å². The number of rotatable bonds is 11. The molecule has 3 aliphatic heterocycles. The van der Waals surface area contributed by atoms with Gasteiger partial charge in [0.25, 0.3) is 0 Å². The number of nitrogens with zero attached hydrogens (tertiary/aromatic N) is 4. The Morgan fingerprint density at radius 3 is 2.50 bits per heavy atom. The highest BCUT2D eigenvalue weighted by atomic mass is 15.4. The summed E-state index contributed by atoms with van der Waals surface area (Å²) in [5, 5.41) is 7.36. The lowest BCUT2D eigenvalue weighted by Crippen LogP contribution is -2.60. The molecule has 7 nitrogen and oxygen atoms in total. The first-order valence-corrected chi connectivity index (χ1v) is 14.4. The number of aromatic nitrogens is 2. The molecule has 1 aromatic rings. The van der Waals surface area contributed by atoms with E-state index in [2.05, 4.69) is 27.4 Å². The van der Waals surface area contributed by atoms with E-state index in [0.717, 1.165) is 64.5 Å². The molecule has 0 amide bonds. The maximum atomic E-state index is 6.66. The van der Waals surface area contributed by atoms with Gasteiger partial charge in [-0.15, -0.1) is 0 Å². The van der Waals surface area contributed by atoms with Crippen molar-refractivity contribution >= 4 is 11.8 Å². The number of fused-ring (bicyclic) bond motifs is 1. The van der Waals surface area contributed by atoms with E-state index in [1.807, 2.05) is 0 Å². The van der Waals surface area contributed by atoms with Crippen LogP contribution in [0, 0.1) is 0 Å². The van der Waals surface area contributed by atoms with Gasteiger partial charge in [0, 0.05) is 50.7 Å². The van der Waals surface area contributed by atoms with Crippen LogP contribution in [0.2, 0.25) is 0 Å². The van der Waals surface area contributed by atoms with E-state index in [1.165, 1.54) is 87.7 Å². The van der Waals surface area contributed by atoms with Crippen LogP contribution in [0.5, 0.6) is 0 Å². The Labute approximate surface area is 207 Å². The highest BCUT2D eigenvalue weighted by Crippen LogP contribution is 2.30. The van der Waals surface area contributed by atoms with Crippen LogP contribution in [0.15, 0.2) is 0 Å². The number of hydrogen-bond acceptors (Lipinski definition) is 7. The van der Waals surface area contributed by atoms with Crippen LogP contribution in [0.1, 0.15) is 102 Å². The maximum Gasteiger partial charge on any atom is 0.228 e. The third kappa shape index (κ3) is 6.82.